The first kappa shape index (κ1) is 87.2. The molecule has 121 heavy (non-hydrogen) atoms. The molecule has 4 aliphatic rings. The molecule has 0 bridgehead atoms. The van der Waals surface area contributed by atoms with E-state index in [0.717, 1.165) is 83.8 Å². The van der Waals surface area contributed by atoms with Gasteiger partial charge in [-0.2, -0.15) is 0 Å². The SMILES string of the molecule is C[C@@H]1CC[C@@H](c2ccc3sccc3c2)N(C(=O)C(=O)Nc2cncc(C(N)=O)c2)C1.C[C@@H]1CC[C@@H](c2ccc3sccc3c2)N(C(=O)C(=O)Nc2cncc(C(N)=O)c2)C1.C[C@@H]1CC[C@@H](c2ccc3sccc3c2)NC1.C[C@H]1CC[C@H](c2ccc3sccc3c2)N(C(=O)C(=O)Nc2cncc(C(N)=O)c2)C1.NC(=O)c1cncc(NC(=O)C(=O)O)c1. The van der Waals surface area contributed by atoms with E-state index in [9.17, 15) is 57.5 Å². The van der Waals surface area contributed by atoms with Crippen LogP contribution in [0, 0.1) is 23.7 Å². The molecule has 11 amide bonds. The number of likely N-dealkylation sites (tertiary alicyclic amines) is 3. The summed E-state index contributed by atoms with van der Waals surface area (Å²) in [7, 11) is 0. The van der Waals surface area contributed by atoms with Crippen LogP contribution in [-0.4, -0.2) is 137 Å². The molecule has 0 spiro atoms. The van der Waals surface area contributed by atoms with E-state index in [-0.39, 0.29) is 63.1 Å². The summed E-state index contributed by atoms with van der Waals surface area (Å²) in [5, 5.41) is 34.7. The van der Waals surface area contributed by atoms with Gasteiger partial charge in [-0.25, -0.2) is 4.79 Å². The number of carboxylic acids is 1. The van der Waals surface area contributed by atoms with Crippen molar-refractivity contribution >= 4 is 179 Å². The first-order valence-electron chi connectivity index (χ1n) is 39.1. The van der Waals surface area contributed by atoms with Crippen molar-refractivity contribution in [1.29, 1.82) is 0 Å². The predicted molar refractivity (Wildman–Crippen MR) is 468 cm³/mol. The van der Waals surface area contributed by atoms with Crippen LogP contribution in [0.25, 0.3) is 40.3 Å². The van der Waals surface area contributed by atoms with Crippen LogP contribution in [0.5, 0.6) is 0 Å². The zero-order valence-corrected chi connectivity index (χ0v) is 69.8. The number of fused-ring (bicyclic) bond motifs is 4. The highest BCUT2D eigenvalue weighted by Crippen LogP contribution is 2.40. The number of nitrogens with one attached hydrogen (secondary N) is 5. The number of carbonyl (C=O) groups excluding carboxylic acids is 11. The van der Waals surface area contributed by atoms with Crippen molar-refractivity contribution in [2.24, 2.45) is 46.6 Å². The van der Waals surface area contributed by atoms with E-state index >= 15 is 0 Å². The van der Waals surface area contributed by atoms with Crippen LogP contribution in [0.2, 0.25) is 0 Å². The summed E-state index contributed by atoms with van der Waals surface area (Å²) in [5.41, 5.74) is 26.7. The third-order valence-electron chi connectivity index (χ3n) is 21.3. The molecule has 0 radical (unpaired) electrons. The van der Waals surface area contributed by atoms with Gasteiger partial charge in [-0.1, -0.05) is 52.0 Å². The number of rotatable bonds is 12. The van der Waals surface area contributed by atoms with E-state index in [0.29, 0.717) is 43.4 Å². The molecular formula is C88H90N16O13S4. The number of carbonyl (C=O) groups is 12. The molecule has 14 N–H and O–H groups in total. The molecule has 4 aliphatic heterocycles. The van der Waals surface area contributed by atoms with Gasteiger partial charge < -0.3 is 69.3 Å². The molecule has 12 heterocycles. The number of benzene rings is 4. The van der Waals surface area contributed by atoms with Crippen LogP contribution < -0.4 is 49.5 Å². The number of anilines is 4. The molecule has 4 fully saturated rings. The van der Waals surface area contributed by atoms with Crippen molar-refractivity contribution in [2.45, 2.75) is 103 Å². The van der Waals surface area contributed by atoms with E-state index in [1.165, 1.54) is 116 Å². The van der Waals surface area contributed by atoms with Gasteiger partial charge in [-0.15, -0.1) is 45.3 Å². The molecule has 624 valence electrons. The van der Waals surface area contributed by atoms with Crippen molar-refractivity contribution in [3.8, 4) is 0 Å². The van der Waals surface area contributed by atoms with Crippen molar-refractivity contribution in [3.63, 3.8) is 0 Å². The van der Waals surface area contributed by atoms with Gasteiger partial charge in [0, 0.05) is 69.3 Å². The summed E-state index contributed by atoms with van der Waals surface area (Å²) >= 11 is 6.85. The topological polar surface area (TPSA) is 451 Å². The number of nitrogens with two attached hydrogens (primary N) is 4. The largest absolute Gasteiger partial charge is 0.474 e. The second kappa shape index (κ2) is 40.1. The molecule has 4 aromatic carbocycles. The maximum absolute atomic E-state index is 13.1. The Labute approximate surface area is 711 Å². The number of thiophene rings is 4. The molecule has 33 heteroatoms. The van der Waals surface area contributed by atoms with Gasteiger partial charge in [0.1, 0.15) is 0 Å². The molecule has 16 rings (SSSR count). The Morgan fingerprint density at radius 3 is 0.893 bits per heavy atom. The lowest BCUT2D eigenvalue weighted by Crippen LogP contribution is -2.46. The number of nitrogens with zero attached hydrogens (tertiary/aromatic N) is 7. The maximum atomic E-state index is 13.1. The fourth-order valence-corrected chi connectivity index (χ4v) is 18.0. The average Bonchev–Trinajstić information content (AvgIpc) is 1.77. The van der Waals surface area contributed by atoms with Crippen molar-refractivity contribution in [1.82, 2.24) is 40.0 Å². The minimum absolute atomic E-state index is 0.0817. The highest BCUT2D eigenvalue weighted by Gasteiger charge is 2.38. The summed E-state index contributed by atoms with van der Waals surface area (Å²) in [6, 6.07) is 39.5. The highest BCUT2D eigenvalue weighted by atomic mass is 32.1. The van der Waals surface area contributed by atoms with Gasteiger partial charge in [0.2, 0.25) is 23.6 Å². The average molecular weight is 1710 g/mol. The minimum atomic E-state index is -1.63. The van der Waals surface area contributed by atoms with Crippen molar-refractivity contribution in [2.75, 3.05) is 47.4 Å². The number of aromatic nitrogens is 4. The number of primary amides is 4. The van der Waals surface area contributed by atoms with Crippen LogP contribution in [0.15, 0.2) is 192 Å². The summed E-state index contributed by atoms with van der Waals surface area (Å²) in [6.45, 7) is 11.3. The third-order valence-corrected chi connectivity index (χ3v) is 24.8. The Morgan fingerprint density at radius 1 is 0.347 bits per heavy atom. The van der Waals surface area contributed by atoms with Gasteiger partial charge in [-0.05, 0) is 244 Å². The molecule has 0 aliphatic carbocycles. The Bertz CT molecular complexity index is 5460. The molecule has 29 nitrogen and oxygen atoms in total. The molecule has 8 aromatic heterocycles. The number of amides is 11. The maximum Gasteiger partial charge on any atom is 0.394 e. The van der Waals surface area contributed by atoms with Crippen LogP contribution in [0.1, 0.15) is 167 Å². The van der Waals surface area contributed by atoms with E-state index in [4.69, 9.17) is 28.0 Å². The van der Waals surface area contributed by atoms with E-state index in [2.05, 4.69) is 153 Å². The predicted octanol–water partition coefficient (Wildman–Crippen LogP) is 13.2. The van der Waals surface area contributed by atoms with Gasteiger partial charge >= 0.3 is 47.3 Å². The molecule has 0 saturated carbocycles. The van der Waals surface area contributed by atoms with Crippen molar-refractivity contribution < 1.29 is 62.6 Å². The number of hydrogen-bond acceptors (Lipinski definition) is 21. The molecular weight excluding hydrogens is 1620 g/mol. The molecule has 0 unspecified atom stereocenters. The monoisotopic (exact) mass is 1710 g/mol. The molecule has 12 aromatic rings. The van der Waals surface area contributed by atoms with Crippen LogP contribution in [0.4, 0.5) is 22.7 Å². The summed E-state index contributed by atoms with van der Waals surface area (Å²) in [4.78, 5) is 163. The zero-order chi connectivity index (χ0) is 86.1. The lowest BCUT2D eigenvalue weighted by molar-refractivity contribution is -0.147. The lowest BCUT2D eigenvalue weighted by Gasteiger charge is -2.38. The van der Waals surface area contributed by atoms with Gasteiger partial charge in [0.15, 0.2) is 0 Å². The Balaban J connectivity index is 0.000000142. The zero-order valence-electron chi connectivity index (χ0n) is 66.5. The second-order valence-corrected chi connectivity index (χ2v) is 34.2. The summed E-state index contributed by atoms with van der Waals surface area (Å²) in [5.74, 6) is -7.81. The van der Waals surface area contributed by atoms with Gasteiger partial charge in [-0.3, -0.25) is 72.7 Å². The number of carboxylic acid groups (broad SMARTS) is 1. The molecule has 4 saturated heterocycles. The van der Waals surface area contributed by atoms with Crippen LogP contribution >= 0.6 is 45.3 Å². The Hall–Kier alpha value is -13.1. The van der Waals surface area contributed by atoms with E-state index in [1.807, 2.05) is 51.0 Å². The smallest absolute Gasteiger partial charge is 0.394 e. The number of pyridine rings is 4. The number of aliphatic carboxylic acids is 1. The van der Waals surface area contributed by atoms with Gasteiger partial charge in [0.05, 0.1) is 87.9 Å². The van der Waals surface area contributed by atoms with E-state index < -0.39 is 70.9 Å². The van der Waals surface area contributed by atoms with Gasteiger partial charge in [0.25, 0.3) is 0 Å². The summed E-state index contributed by atoms with van der Waals surface area (Å²) in [6.07, 6.45) is 18.4. The summed E-state index contributed by atoms with van der Waals surface area (Å²) < 4.78 is 4.98. The van der Waals surface area contributed by atoms with E-state index in [1.54, 1.807) is 48.7 Å². The Kier molecular flexibility index (Phi) is 28.9. The fourth-order valence-electron chi connectivity index (χ4n) is 14.9. The highest BCUT2D eigenvalue weighted by molar-refractivity contribution is 7.18. The van der Waals surface area contributed by atoms with Crippen LogP contribution in [-0.2, 0) is 38.4 Å². The Morgan fingerprint density at radius 2 is 0.620 bits per heavy atom. The molecule has 8 atom stereocenters. The minimum Gasteiger partial charge on any atom is -0.474 e. The standard InChI is InChI=1S/3C22H22N4O3S.C14H17NS.C8H7N3O4/c3*1-13-2-4-18(14-3-5-19-15(8-14)6-7-30-19)26(12-13)22(29)21(28)25-17-9-16(20(23)27)10-24-11-17;1-10-2-4-13(15-9-10)11-3-5-14-12(8-11)6-7-16-14;9-6(12)4-1-5(3-10-2-4)11-7(13)8(14)15/h3*3,5-11,13,18H,2,4,12H2,1H3,(H2,23,27)(H,25,28);3,5-8,10,13,15H,2,4,9H2,1H3;1-3H,(H2,9,12)(H,11,13)(H,14,15)/t3*13-,18+;10-,13+;/m1101./s1. The number of hydrogen-bond donors (Lipinski definition) is 10. The van der Waals surface area contributed by atoms with Crippen LogP contribution in [0.3, 0.4) is 0 Å². The second-order valence-electron chi connectivity index (χ2n) is 30.4. The van der Waals surface area contributed by atoms with Crippen molar-refractivity contribution in [3.05, 3.63) is 237 Å². The number of piperidine rings is 4. The lowest BCUT2D eigenvalue weighted by atomic mass is 9.89. The third kappa shape index (κ3) is 22.7. The fraction of sp³-hybridized carbons (Fsp3) is 0.273. The normalized spacial score (nSPS) is 18.7. The first-order valence-corrected chi connectivity index (χ1v) is 42.6. The first-order chi connectivity index (χ1) is 58.1. The quantitative estimate of drug-likeness (QED) is 0.0508.